The van der Waals surface area contributed by atoms with E-state index < -0.39 is 0 Å². The Morgan fingerprint density at radius 3 is 3.00 bits per heavy atom. The maximum Gasteiger partial charge on any atom is 0.188 e. The summed E-state index contributed by atoms with van der Waals surface area (Å²) in [5, 5.41) is 8.38. The average Bonchev–Trinajstić information content (AvgIpc) is 3.25. The van der Waals surface area contributed by atoms with Crippen LogP contribution in [0.15, 0.2) is 12.5 Å². The van der Waals surface area contributed by atoms with E-state index in [4.69, 9.17) is 9.72 Å². The number of thiazole rings is 1. The fourth-order valence-electron chi connectivity index (χ4n) is 3.72. The van der Waals surface area contributed by atoms with E-state index in [2.05, 4.69) is 36.9 Å². The third kappa shape index (κ3) is 2.80. The highest BCUT2D eigenvalue weighted by molar-refractivity contribution is 7.22. The van der Waals surface area contributed by atoms with Crippen molar-refractivity contribution in [1.29, 1.82) is 0 Å². The van der Waals surface area contributed by atoms with Crippen LogP contribution in [0.3, 0.4) is 0 Å². The van der Waals surface area contributed by atoms with Gasteiger partial charge in [0.05, 0.1) is 19.4 Å². The summed E-state index contributed by atoms with van der Waals surface area (Å²) in [7, 11) is 0. The number of ether oxygens (including phenoxy) is 1. The zero-order chi connectivity index (χ0) is 17.5. The Morgan fingerprint density at radius 1 is 1.23 bits per heavy atom. The van der Waals surface area contributed by atoms with Crippen molar-refractivity contribution in [3.8, 4) is 0 Å². The molecule has 0 radical (unpaired) electrons. The molecule has 2 aliphatic rings. The molecule has 1 N–H and O–H groups in total. The van der Waals surface area contributed by atoms with E-state index in [1.165, 1.54) is 11.3 Å². The van der Waals surface area contributed by atoms with Gasteiger partial charge in [0.2, 0.25) is 0 Å². The molecule has 5 rings (SSSR count). The standard InChI is InChI=1S/C17H21N7OS/c1-11-6-13-12(7-20-22-13)9-24(8-11)16-14-15(18-10-19-16)21-17(26-14)23-2-4-25-5-3-23/h7,10-11H,2-6,8-9H2,1H3,(H,20,22). The molecular weight excluding hydrogens is 350 g/mol. The summed E-state index contributed by atoms with van der Waals surface area (Å²) in [5.74, 6) is 1.50. The van der Waals surface area contributed by atoms with Crippen LogP contribution in [0.4, 0.5) is 10.9 Å². The fraction of sp³-hybridized carbons (Fsp3) is 0.529. The second kappa shape index (κ2) is 6.48. The number of aromatic amines is 1. The predicted molar refractivity (Wildman–Crippen MR) is 101 cm³/mol. The molecule has 26 heavy (non-hydrogen) atoms. The van der Waals surface area contributed by atoms with Crippen molar-refractivity contribution in [3.63, 3.8) is 0 Å². The van der Waals surface area contributed by atoms with Gasteiger partial charge in [-0.05, 0) is 12.3 Å². The minimum absolute atomic E-state index is 0.522. The van der Waals surface area contributed by atoms with Crippen molar-refractivity contribution in [3.05, 3.63) is 23.8 Å². The molecule has 1 unspecified atom stereocenters. The minimum atomic E-state index is 0.522. The predicted octanol–water partition coefficient (Wildman–Crippen LogP) is 1.84. The summed E-state index contributed by atoms with van der Waals surface area (Å²) in [6, 6.07) is 0. The molecule has 2 aliphatic heterocycles. The van der Waals surface area contributed by atoms with E-state index in [0.717, 1.165) is 67.1 Å². The zero-order valence-electron chi connectivity index (χ0n) is 14.7. The Labute approximate surface area is 155 Å². The van der Waals surface area contributed by atoms with Gasteiger partial charge in [0.1, 0.15) is 11.0 Å². The maximum absolute atomic E-state index is 5.46. The first-order valence-corrected chi connectivity index (χ1v) is 9.80. The van der Waals surface area contributed by atoms with Crippen LogP contribution in [0.2, 0.25) is 0 Å². The van der Waals surface area contributed by atoms with Crippen LogP contribution in [-0.4, -0.2) is 58.0 Å². The van der Waals surface area contributed by atoms with Crippen molar-refractivity contribution in [1.82, 2.24) is 25.1 Å². The highest BCUT2D eigenvalue weighted by Crippen LogP contribution is 2.35. The number of nitrogens with one attached hydrogen (secondary N) is 1. The van der Waals surface area contributed by atoms with Crippen LogP contribution >= 0.6 is 11.3 Å². The summed E-state index contributed by atoms with van der Waals surface area (Å²) >= 11 is 1.68. The van der Waals surface area contributed by atoms with Gasteiger partial charge in [-0.2, -0.15) is 10.1 Å². The number of fused-ring (bicyclic) bond motifs is 2. The Morgan fingerprint density at radius 2 is 2.12 bits per heavy atom. The molecule has 0 amide bonds. The molecule has 0 saturated carbocycles. The number of aromatic nitrogens is 5. The van der Waals surface area contributed by atoms with Crippen molar-refractivity contribution >= 4 is 32.6 Å². The van der Waals surface area contributed by atoms with E-state index in [0.29, 0.717) is 5.92 Å². The number of morpholine rings is 1. The molecule has 3 aromatic heterocycles. The van der Waals surface area contributed by atoms with Crippen molar-refractivity contribution in [2.75, 3.05) is 42.6 Å². The normalized spacial score (nSPS) is 21.0. The largest absolute Gasteiger partial charge is 0.378 e. The molecule has 0 aliphatic carbocycles. The van der Waals surface area contributed by atoms with Gasteiger partial charge >= 0.3 is 0 Å². The van der Waals surface area contributed by atoms with E-state index in [-0.39, 0.29) is 0 Å². The zero-order valence-corrected chi connectivity index (χ0v) is 15.5. The van der Waals surface area contributed by atoms with Gasteiger partial charge in [-0.25, -0.2) is 9.97 Å². The molecule has 136 valence electrons. The number of hydrogen-bond donors (Lipinski definition) is 1. The van der Waals surface area contributed by atoms with Gasteiger partial charge in [-0.1, -0.05) is 18.3 Å². The number of nitrogens with zero attached hydrogens (tertiary/aromatic N) is 6. The molecule has 1 saturated heterocycles. The lowest BCUT2D eigenvalue weighted by Crippen LogP contribution is -2.36. The monoisotopic (exact) mass is 371 g/mol. The Hall–Kier alpha value is -2.26. The number of anilines is 2. The number of H-pyrrole nitrogens is 1. The summed E-state index contributed by atoms with van der Waals surface area (Å²) in [6.07, 6.45) is 4.58. The quantitative estimate of drug-likeness (QED) is 0.736. The van der Waals surface area contributed by atoms with Gasteiger partial charge in [0.15, 0.2) is 16.6 Å². The Balaban J connectivity index is 1.53. The topological polar surface area (TPSA) is 83.1 Å². The maximum atomic E-state index is 5.46. The third-order valence-corrected chi connectivity index (χ3v) is 6.10. The SMILES string of the molecule is CC1Cc2[nH]ncc2CN(c2ncnc3nc(N4CCOCC4)sc23)C1. The lowest BCUT2D eigenvalue weighted by molar-refractivity contribution is 0.122. The van der Waals surface area contributed by atoms with E-state index >= 15 is 0 Å². The lowest BCUT2D eigenvalue weighted by Gasteiger charge is -2.26. The van der Waals surface area contributed by atoms with Crippen LogP contribution in [0.1, 0.15) is 18.2 Å². The number of hydrogen-bond acceptors (Lipinski definition) is 8. The molecule has 0 bridgehead atoms. The molecule has 8 nitrogen and oxygen atoms in total. The average molecular weight is 371 g/mol. The summed E-state index contributed by atoms with van der Waals surface area (Å²) in [5.41, 5.74) is 3.27. The summed E-state index contributed by atoms with van der Waals surface area (Å²) in [6.45, 7) is 7.30. The van der Waals surface area contributed by atoms with Gasteiger partial charge in [-0.3, -0.25) is 5.10 Å². The lowest BCUT2D eigenvalue weighted by atomic mass is 10.1. The molecule has 1 fully saturated rings. The highest BCUT2D eigenvalue weighted by Gasteiger charge is 2.25. The molecule has 1 atom stereocenters. The molecule has 5 heterocycles. The first-order chi connectivity index (χ1) is 12.8. The number of rotatable bonds is 2. The minimum Gasteiger partial charge on any atom is -0.378 e. The first kappa shape index (κ1) is 16.0. The second-order valence-corrected chi connectivity index (χ2v) is 7.99. The van der Waals surface area contributed by atoms with Crippen LogP contribution in [-0.2, 0) is 17.7 Å². The Kier molecular flexibility index (Phi) is 3.97. The van der Waals surface area contributed by atoms with E-state index in [9.17, 15) is 0 Å². The van der Waals surface area contributed by atoms with Gasteiger partial charge in [0.25, 0.3) is 0 Å². The van der Waals surface area contributed by atoms with Crippen LogP contribution in [0.5, 0.6) is 0 Å². The van der Waals surface area contributed by atoms with Gasteiger partial charge in [0, 0.05) is 37.4 Å². The third-order valence-electron chi connectivity index (χ3n) is 5.00. The van der Waals surface area contributed by atoms with Crippen LogP contribution in [0.25, 0.3) is 10.3 Å². The van der Waals surface area contributed by atoms with Crippen molar-refractivity contribution in [2.45, 2.75) is 19.9 Å². The highest BCUT2D eigenvalue weighted by atomic mass is 32.1. The summed E-state index contributed by atoms with van der Waals surface area (Å²) in [4.78, 5) is 18.4. The molecule has 0 spiro atoms. The van der Waals surface area contributed by atoms with Crippen molar-refractivity contribution in [2.24, 2.45) is 5.92 Å². The summed E-state index contributed by atoms with van der Waals surface area (Å²) < 4.78 is 6.52. The molecule has 9 heteroatoms. The van der Waals surface area contributed by atoms with Crippen LogP contribution < -0.4 is 9.80 Å². The molecular formula is C17H21N7OS. The van der Waals surface area contributed by atoms with E-state index in [1.54, 1.807) is 17.7 Å². The van der Waals surface area contributed by atoms with Crippen LogP contribution in [0, 0.1) is 5.92 Å². The molecule has 3 aromatic rings. The molecule has 0 aromatic carbocycles. The first-order valence-electron chi connectivity index (χ1n) is 8.98. The van der Waals surface area contributed by atoms with Crippen molar-refractivity contribution < 1.29 is 4.74 Å². The smallest absolute Gasteiger partial charge is 0.188 e. The van der Waals surface area contributed by atoms with Gasteiger partial charge < -0.3 is 14.5 Å². The van der Waals surface area contributed by atoms with E-state index in [1.807, 2.05) is 6.20 Å². The van der Waals surface area contributed by atoms with Gasteiger partial charge in [-0.15, -0.1) is 0 Å². The second-order valence-electron chi connectivity index (χ2n) is 7.01. The fourth-order valence-corrected chi connectivity index (χ4v) is 4.81. The Bertz CT molecular complexity index is 917.